The Kier molecular flexibility index (Phi) is 4.06. The van der Waals surface area contributed by atoms with Gasteiger partial charge in [0.05, 0.1) is 13.7 Å². The number of nitrogens with one attached hydrogen (secondary N) is 1. The molecule has 0 aromatic rings. The SMILES string of the molecule is COC(=O)NC(=O)CN1CCCC1(C)C(=O)O. The monoisotopic (exact) mass is 244 g/mol. The molecule has 0 aromatic heterocycles. The van der Waals surface area contributed by atoms with Gasteiger partial charge < -0.3 is 9.84 Å². The molecular weight excluding hydrogens is 228 g/mol. The van der Waals surface area contributed by atoms with Crippen LogP contribution < -0.4 is 5.32 Å². The van der Waals surface area contributed by atoms with Gasteiger partial charge in [0.15, 0.2) is 0 Å². The molecule has 1 fully saturated rings. The van der Waals surface area contributed by atoms with Crippen LogP contribution in [0, 0.1) is 0 Å². The fourth-order valence-electron chi connectivity index (χ4n) is 1.89. The topological polar surface area (TPSA) is 95.9 Å². The van der Waals surface area contributed by atoms with E-state index in [1.54, 1.807) is 11.8 Å². The number of carboxylic acids is 1. The highest BCUT2D eigenvalue weighted by atomic mass is 16.5. The zero-order chi connectivity index (χ0) is 13.1. The highest BCUT2D eigenvalue weighted by Crippen LogP contribution is 2.28. The van der Waals surface area contributed by atoms with Gasteiger partial charge in [-0.05, 0) is 26.3 Å². The lowest BCUT2D eigenvalue weighted by Gasteiger charge is -2.30. The van der Waals surface area contributed by atoms with Crippen LogP contribution in [0.2, 0.25) is 0 Å². The van der Waals surface area contributed by atoms with Gasteiger partial charge in [0.1, 0.15) is 5.54 Å². The number of hydrogen-bond donors (Lipinski definition) is 2. The summed E-state index contributed by atoms with van der Waals surface area (Å²) < 4.78 is 4.28. The molecule has 2 N–H and O–H groups in total. The predicted octanol–water partition coefficient (Wildman–Crippen LogP) is -0.192. The van der Waals surface area contributed by atoms with Crippen molar-refractivity contribution in [3.63, 3.8) is 0 Å². The molecule has 2 amide bonds. The van der Waals surface area contributed by atoms with Gasteiger partial charge in [-0.1, -0.05) is 0 Å². The quantitative estimate of drug-likeness (QED) is 0.714. The van der Waals surface area contributed by atoms with Crippen LogP contribution in [0.1, 0.15) is 19.8 Å². The van der Waals surface area contributed by atoms with Crippen molar-refractivity contribution < 1.29 is 24.2 Å². The number of carbonyl (C=O) groups is 3. The van der Waals surface area contributed by atoms with Crippen molar-refractivity contribution in [2.75, 3.05) is 20.2 Å². The third kappa shape index (κ3) is 2.94. The summed E-state index contributed by atoms with van der Waals surface area (Å²) in [5.74, 6) is -1.52. The average molecular weight is 244 g/mol. The molecule has 1 heterocycles. The number of likely N-dealkylation sites (tertiary alicyclic amines) is 1. The molecule has 0 radical (unpaired) electrons. The molecule has 1 aliphatic rings. The smallest absolute Gasteiger partial charge is 0.413 e. The summed E-state index contributed by atoms with van der Waals surface area (Å²) in [6.45, 7) is 1.98. The van der Waals surface area contributed by atoms with Gasteiger partial charge >= 0.3 is 12.1 Å². The lowest BCUT2D eigenvalue weighted by Crippen LogP contribution is -2.52. The van der Waals surface area contributed by atoms with Crippen molar-refractivity contribution in [2.45, 2.75) is 25.3 Å². The molecule has 0 aromatic carbocycles. The van der Waals surface area contributed by atoms with E-state index in [0.717, 1.165) is 7.11 Å². The molecule has 1 saturated heterocycles. The highest BCUT2D eigenvalue weighted by Gasteiger charge is 2.43. The summed E-state index contributed by atoms with van der Waals surface area (Å²) in [6, 6.07) is 0. The summed E-state index contributed by atoms with van der Waals surface area (Å²) in [4.78, 5) is 34.9. The summed E-state index contributed by atoms with van der Waals surface area (Å²) in [7, 11) is 1.15. The first-order valence-electron chi connectivity index (χ1n) is 5.26. The Morgan fingerprint density at radius 2 is 2.12 bits per heavy atom. The van der Waals surface area contributed by atoms with Crippen molar-refractivity contribution >= 4 is 18.0 Å². The number of carboxylic acid groups (broad SMARTS) is 1. The van der Waals surface area contributed by atoms with Crippen molar-refractivity contribution in [1.82, 2.24) is 10.2 Å². The van der Waals surface area contributed by atoms with Gasteiger partial charge in [-0.25, -0.2) is 4.79 Å². The summed E-state index contributed by atoms with van der Waals surface area (Å²) in [5.41, 5.74) is -1.03. The Balaban J connectivity index is 2.59. The standard InChI is InChI=1S/C10H16N2O5/c1-10(8(14)15)4-3-5-12(10)6-7(13)11-9(16)17-2/h3-6H2,1-2H3,(H,14,15)(H,11,13,16). The molecular formula is C10H16N2O5. The molecule has 1 rings (SSSR count). The molecule has 17 heavy (non-hydrogen) atoms. The van der Waals surface area contributed by atoms with Crippen LogP contribution in [0.15, 0.2) is 0 Å². The summed E-state index contributed by atoms with van der Waals surface area (Å²) in [6.07, 6.45) is 0.369. The molecule has 0 aliphatic carbocycles. The second-order valence-corrected chi connectivity index (χ2v) is 4.14. The number of hydrogen-bond acceptors (Lipinski definition) is 5. The van der Waals surface area contributed by atoms with E-state index in [1.165, 1.54) is 0 Å². The number of amides is 2. The second kappa shape index (κ2) is 5.13. The molecule has 0 bridgehead atoms. The van der Waals surface area contributed by atoms with Crippen LogP contribution in [-0.2, 0) is 14.3 Å². The number of imide groups is 1. The minimum absolute atomic E-state index is 0.127. The third-order valence-electron chi connectivity index (χ3n) is 3.01. The van der Waals surface area contributed by atoms with E-state index in [-0.39, 0.29) is 6.54 Å². The van der Waals surface area contributed by atoms with Crippen molar-refractivity contribution in [1.29, 1.82) is 0 Å². The van der Waals surface area contributed by atoms with Crippen LogP contribution >= 0.6 is 0 Å². The maximum Gasteiger partial charge on any atom is 0.413 e. The zero-order valence-corrected chi connectivity index (χ0v) is 9.86. The van der Waals surface area contributed by atoms with E-state index >= 15 is 0 Å². The normalized spacial score (nSPS) is 24.4. The Labute approximate surface area is 98.7 Å². The summed E-state index contributed by atoms with van der Waals surface area (Å²) >= 11 is 0. The number of rotatable bonds is 3. The molecule has 1 aliphatic heterocycles. The highest BCUT2D eigenvalue weighted by molar-refractivity contribution is 5.93. The average Bonchev–Trinajstić information content (AvgIpc) is 2.61. The minimum Gasteiger partial charge on any atom is -0.480 e. The van der Waals surface area contributed by atoms with Crippen LogP contribution in [0.4, 0.5) is 4.79 Å². The Hall–Kier alpha value is -1.63. The lowest BCUT2D eigenvalue weighted by atomic mass is 9.99. The number of aliphatic carboxylic acids is 1. The third-order valence-corrected chi connectivity index (χ3v) is 3.01. The number of methoxy groups -OCH3 is 1. The number of ether oxygens (including phenoxy) is 1. The Bertz CT molecular complexity index is 344. The Morgan fingerprint density at radius 1 is 1.47 bits per heavy atom. The van der Waals surface area contributed by atoms with Crippen LogP contribution in [0.3, 0.4) is 0 Å². The largest absolute Gasteiger partial charge is 0.480 e. The van der Waals surface area contributed by atoms with E-state index in [0.29, 0.717) is 19.4 Å². The van der Waals surface area contributed by atoms with Crippen LogP contribution in [0.25, 0.3) is 0 Å². The van der Waals surface area contributed by atoms with Crippen molar-refractivity contribution in [2.24, 2.45) is 0 Å². The van der Waals surface area contributed by atoms with E-state index in [4.69, 9.17) is 5.11 Å². The summed E-state index contributed by atoms with van der Waals surface area (Å²) in [5, 5.41) is 11.1. The van der Waals surface area contributed by atoms with Crippen LogP contribution in [0.5, 0.6) is 0 Å². The van der Waals surface area contributed by atoms with E-state index in [2.05, 4.69) is 4.74 Å². The first kappa shape index (κ1) is 13.4. The molecule has 7 heteroatoms. The lowest BCUT2D eigenvalue weighted by molar-refractivity contribution is -0.149. The molecule has 1 atom stereocenters. The first-order chi connectivity index (χ1) is 7.90. The van der Waals surface area contributed by atoms with Gasteiger partial charge in [0.2, 0.25) is 5.91 Å². The van der Waals surface area contributed by atoms with Gasteiger partial charge in [0, 0.05) is 0 Å². The van der Waals surface area contributed by atoms with Gasteiger partial charge in [-0.15, -0.1) is 0 Å². The van der Waals surface area contributed by atoms with Gasteiger partial charge in [0.25, 0.3) is 0 Å². The number of nitrogens with zero attached hydrogens (tertiary/aromatic N) is 1. The maximum absolute atomic E-state index is 11.4. The fourth-order valence-corrected chi connectivity index (χ4v) is 1.89. The molecule has 7 nitrogen and oxygen atoms in total. The zero-order valence-electron chi connectivity index (χ0n) is 9.86. The van der Waals surface area contributed by atoms with E-state index < -0.39 is 23.5 Å². The van der Waals surface area contributed by atoms with Crippen LogP contribution in [-0.4, -0.2) is 53.7 Å². The molecule has 0 saturated carbocycles. The molecule has 1 unspecified atom stereocenters. The number of carbonyl (C=O) groups excluding carboxylic acids is 2. The number of alkyl carbamates (subject to hydrolysis) is 1. The van der Waals surface area contributed by atoms with E-state index in [1.807, 2.05) is 5.32 Å². The van der Waals surface area contributed by atoms with E-state index in [9.17, 15) is 14.4 Å². The molecule has 0 spiro atoms. The molecule has 96 valence electrons. The second-order valence-electron chi connectivity index (χ2n) is 4.14. The minimum atomic E-state index is -1.03. The van der Waals surface area contributed by atoms with Gasteiger partial charge in [-0.2, -0.15) is 0 Å². The van der Waals surface area contributed by atoms with Crippen molar-refractivity contribution in [3.05, 3.63) is 0 Å². The first-order valence-corrected chi connectivity index (χ1v) is 5.26. The maximum atomic E-state index is 11.4. The Morgan fingerprint density at radius 3 is 2.65 bits per heavy atom. The predicted molar refractivity (Wildman–Crippen MR) is 57.4 cm³/mol. The fraction of sp³-hybridized carbons (Fsp3) is 0.700. The van der Waals surface area contributed by atoms with Gasteiger partial charge in [-0.3, -0.25) is 19.8 Å². The van der Waals surface area contributed by atoms with Crippen molar-refractivity contribution in [3.8, 4) is 0 Å².